The average molecular weight is 502 g/mol. The van der Waals surface area contributed by atoms with Crippen LogP contribution in [0.15, 0.2) is 59.1 Å². The predicted molar refractivity (Wildman–Crippen MR) is 155 cm³/mol. The molecule has 0 spiro atoms. The Morgan fingerprint density at radius 1 is 0.763 bits per heavy atom. The standard InChI is InChI=1S/C35H37N2O/c1-18-14-27(32-23(6)21(4)22(5)24(32)7)15-19(2)31(18)25-10-13-30-33-26(17-37(30)16-25)9-12-28-29-11-8-20(3)36-35(29)38-34(28)33/h8-16,21-24,32H,17H2,1-7H3/q+1. The molecule has 38 heavy (non-hydrogen) atoms. The van der Waals surface area contributed by atoms with E-state index in [1.807, 2.05) is 6.92 Å². The van der Waals surface area contributed by atoms with Gasteiger partial charge in [0.25, 0.3) is 0 Å². The number of aryl methyl sites for hydroxylation is 3. The molecule has 192 valence electrons. The van der Waals surface area contributed by atoms with E-state index in [1.54, 1.807) is 0 Å². The zero-order valence-corrected chi connectivity index (χ0v) is 23.6. The number of rotatable bonds is 2. The molecule has 1 aliphatic carbocycles. The molecular weight excluding hydrogens is 464 g/mol. The molecule has 2 aliphatic rings. The van der Waals surface area contributed by atoms with Gasteiger partial charge in [0.05, 0.1) is 5.56 Å². The summed E-state index contributed by atoms with van der Waals surface area (Å²) in [6.07, 6.45) is 2.34. The smallest absolute Gasteiger partial charge is 0.227 e. The molecule has 1 aliphatic heterocycles. The SMILES string of the molecule is Cc1ccc2c(n1)oc1c3c(ccc12)C[n+]1cc(-c2c(C)cc(C4C(C)C(C)C(C)C4C)cc2C)ccc1-3. The fourth-order valence-corrected chi connectivity index (χ4v) is 7.84. The maximum Gasteiger partial charge on any atom is 0.227 e. The second-order valence-corrected chi connectivity index (χ2v) is 12.3. The molecule has 5 aromatic rings. The molecule has 3 nitrogen and oxygen atoms in total. The lowest BCUT2D eigenvalue weighted by molar-refractivity contribution is -0.671. The molecule has 7 rings (SSSR count). The zero-order chi connectivity index (χ0) is 26.5. The number of aromatic nitrogens is 2. The van der Waals surface area contributed by atoms with E-state index < -0.39 is 0 Å². The molecule has 0 bridgehead atoms. The largest absolute Gasteiger partial charge is 0.437 e. The van der Waals surface area contributed by atoms with Gasteiger partial charge in [0, 0.05) is 33.7 Å². The molecular formula is C35H37N2O+. The second kappa shape index (κ2) is 8.27. The molecule has 4 heterocycles. The van der Waals surface area contributed by atoms with E-state index in [-0.39, 0.29) is 0 Å². The van der Waals surface area contributed by atoms with Gasteiger partial charge in [-0.15, -0.1) is 0 Å². The van der Waals surface area contributed by atoms with Crippen LogP contribution in [0.2, 0.25) is 0 Å². The summed E-state index contributed by atoms with van der Waals surface area (Å²) >= 11 is 0. The molecule has 3 aromatic heterocycles. The Labute approximate surface area is 225 Å². The predicted octanol–water partition coefficient (Wildman–Crippen LogP) is 8.53. The lowest BCUT2D eigenvalue weighted by atomic mass is 9.80. The minimum absolute atomic E-state index is 0.639. The van der Waals surface area contributed by atoms with Crippen molar-refractivity contribution in [1.29, 1.82) is 0 Å². The van der Waals surface area contributed by atoms with E-state index in [9.17, 15) is 0 Å². The minimum Gasteiger partial charge on any atom is -0.437 e. The summed E-state index contributed by atoms with van der Waals surface area (Å²) < 4.78 is 8.75. The lowest BCUT2D eigenvalue weighted by Crippen LogP contribution is -2.32. The molecule has 4 unspecified atom stereocenters. The lowest BCUT2D eigenvalue weighted by Gasteiger charge is -2.24. The number of fused-ring (bicyclic) bond motifs is 7. The van der Waals surface area contributed by atoms with Crippen molar-refractivity contribution in [3.63, 3.8) is 0 Å². The van der Waals surface area contributed by atoms with Gasteiger partial charge < -0.3 is 4.42 Å². The second-order valence-electron chi connectivity index (χ2n) is 12.3. The zero-order valence-electron chi connectivity index (χ0n) is 23.6. The maximum atomic E-state index is 6.36. The van der Waals surface area contributed by atoms with E-state index in [0.29, 0.717) is 17.8 Å². The number of hydrogen-bond donors (Lipinski definition) is 0. The Morgan fingerprint density at radius 2 is 1.45 bits per heavy atom. The van der Waals surface area contributed by atoms with Crippen molar-refractivity contribution in [3.8, 4) is 22.4 Å². The highest BCUT2D eigenvalue weighted by Gasteiger charge is 2.42. The summed E-state index contributed by atoms with van der Waals surface area (Å²) in [6.45, 7) is 17.3. The monoisotopic (exact) mass is 501 g/mol. The fourth-order valence-electron chi connectivity index (χ4n) is 7.84. The minimum atomic E-state index is 0.639. The summed E-state index contributed by atoms with van der Waals surface area (Å²) in [5, 5.41) is 2.23. The van der Waals surface area contributed by atoms with Crippen LogP contribution in [0.3, 0.4) is 0 Å². The Morgan fingerprint density at radius 3 is 2.16 bits per heavy atom. The third-order valence-electron chi connectivity index (χ3n) is 10.2. The summed E-state index contributed by atoms with van der Waals surface area (Å²) in [5.74, 6) is 3.60. The van der Waals surface area contributed by atoms with E-state index in [0.717, 1.165) is 46.1 Å². The summed E-state index contributed by atoms with van der Waals surface area (Å²) in [7, 11) is 0. The Bertz CT molecular complexity index is 1720. The van der Waals surface area contributed by atoms with Crippen molar-refractivity contribution in [3.05, 3.63) is 82.7 Å². The first-order chi connectivity index (χ1) is 18.2. The highest BCUT2D eigenvalue weighted by Crippen LogP contribution is 2.51. The number of pyridine rings is 2. The van der Waals surface area contributed by atoms with Crippen LogP contribution in [0.5, 0.6) is 0 Å². The topological polar surface area (TPSA) is 29.9 Å². The molecule has 3 heteroatoms. The summed E-state index contributed by atoms with van der Waals surface area (Å²) in [5.41, 5.74) is 13.3. The molecule has 1 fully saturated rings. The van der Waals surface area contributed by atoms with E-state index in [2.05, 4.69) is 106 Å². The Balaban J connectivity index is 1.30. The van der Waals surface area contributed by atoms with Gasteiger partial charge in [-0.3, -0.25) is 0 Å². The van der Waals surface area contributed by atoms with Crippen LogP contribution < -0.4 is 4.57 Å². The van der Waals surface area contributed by atoms with Crippen molar-refractivity contribution in [2.75, 3.05) is 0 Å². The van der Waals surface area contributed by atoms with Crippen molar-refractivity contribution >= 4 is 22.1 Å². The van der Waals surface area contributed by atoms with Crippen LogP contribution in [-0.4, -0.2) is 4.98 Å². The average Bonchev–Trinajstić information content (AvgIpc) is 3.49. The van der Waals surface area contributed by atoms with Gasteiger partial charge in [-0.1, -0.05) is 45.9 Å². The molecule has 0 radical (unpaired) electrons. The highest BCUT2D eigenvalue weighted by atomic mass is 16.3. The number of benzene rings is 2. The number of nitrogens with zero attached hydrogens (tertiary/aromatic N) is 2. The van der Waals surface area contributed by atoms with E-state index in [1.165, 1.54) is 44.6 Å². The first-order valence-corrected chi connectivity index (χ1v) is 14.2. The quantitative estimate of drug-likeness (QED) is 0.223. The van der Waals surface area contributed by atoms with Gasteiger partial charge in [-0.05, 0) is 96.9 Å². The van der Waals surface area contributed by atoms with E-state index >= 15 is 0 Å². The third-order valence-corrected chi connectivity index (χ3v) is 10.2. The van der Waals surface area contributed by atoms with Gasteiger partial charge in [-0.25, -0.2) is 4.98 Å². The summed E-state index contributed by atoms with van der Waals surface area (Å²) in [4.78, 5) is 4.65. The van der Waals surface area contributed by atoms with Crippen LogP contribution in [0.25, 0.3) is 44.5 Å². The molecule has 2 aromatic carbocycles. The van der Waals surface area contributed by atoms with Crippen LogP contribution in [0.4, 0.5) is 0 Å². The van der Waals surface area contributed by atoms with Gasteiger partial charge in [0.2, 0.25) is 11.4 Å². The fraction of sp³-hybridized carbons (Fsp3) is 0.371. The van der Waals surface area contributed by atoms with Crippen LogP contribution >= 0.6 is 0 Å². The van der Waals surface area contributed by atoms with Gasteiger partial charge >= 0.3 is 0 Å². The summed E-state index contributed by atoms with van der Waals surface area (Å²) in [6, 6.07) is 18.2. The van der Waals surface area contributed by atoms with Crippen molar-refractivity contribution in [1.82, 2.24) is 4.98 Å². The number of hydrogen-bond acceptors (Lipinski definition) is 2. The third kappa shape index (κ3) is 3.27. The Kier molecular flexibility index (Phi) is 5.14. The molecule has 4 atom stereocenters. The first-order valence-electron chi connectivity index (χ1n) is 14.2. The van der Waals surface area contributed by atoms with Crippen LogP contribution in [0, 0.1) is 44.4 Å². The van der Waals surface area contributed by atoms with E-state index in [4.69, 9.17) is 4.42 Å². The van der Waals surface area contributed by atoms with Crippen molar-refractivity contribution in [2.24, 2.45) is 23.7 Å². The van der Waals surface area contributed by atoms with Crippen LogP contribution in [0.1, 0.15) is 61.6 Å². The normalized spacial score (nSPS) is 24.3. The van der Waals surface area contributed by atoms with Crippen molar-refractivity contribution < 1.29 is 8.98 Å². The molecule has 0 saturated heterocycles. The van der Waals surface area contributed by atoms with Gasteiger partial charge in [0.15, 0.2) is 18.3 Å². The Hall–Kier alpha value is -3.46. The molecule has 1 saturated carbocycles. The maximum absolute atomic E-state index is 6.36. The van der Waals surface area contributed by atoms with Crippen LogP contribution in [-0.2, 0) is 6.54 Å². The molecule has 0 amide bonds. The highest BCUT2D eigenvalue weighted by molar-refractivity contribution is 6.09. The van der Waals surface area contributed by atoms with Gasteiger partial charge in [-0.2, -0.15) is 4.57 Å². The van der Waals surface area contributed by atoms with Crippen molar-refractivity contribution in [2.45, 2.75) is 60.9 Å². The molecule has 0 N–H and O–H groups in total. The first kappa shape index (κ1) is 23.6. The number of furan rings is 1. The van der Waals surface area contributed by atoms with Gasteiger partial charge in [0.1, 0.15) is 0 Å².